The molecule has 0 spiro atoms. The van der Waals surface area contributed by atoms with Crippen molar-refractivity contribution in [3.05, 3.63) is 35.6 Å². The molecule has 2 atom stereocenters. The molecule has 1 aromatic rings. The van der Waals surface area contributed by atoms with Crippen molar-refractivity contribution in [2.75, 3.05) is 26.2 Å². The van der Waals surface area contributed by atoms with E-state index in [1.165, 1.54) is 12.5 Å². The first-order chi connectivity index (χ1) is 11.2. The van der Waals surface area contributed by atoms with E-state index in [-0.39, 0.29) is 42.5 Å². The highest BCUT2D eigenvalue weighted by molar-refractivity contribution is 5.85. The van der Waals surface area contributed by atoms with Gasteiger partial charge in [-0.1, -0.05) is 12.1 Å². The Morgan fingerprint density at radius 2 is 2.12 bits per heavy atom. The summed E-state index contributed by atoms with van der Waals surface area (Å²) in [5.74, 6) is 0.0271. The maximum Gasteiger partial charge on any atom is 0.224 e. The molecular weight excluding hydrogens is 364 g/mol. The van der Waals surface area contributed by atoms with Gasteiger partial charge in [0.2, 0.25) is 5.91 Å². The Morgan fingerprint density at radius 1 is 1.28 bits per heavy atom. The van der Waals surface area contributed by atoms with Gasteiger partial charge in [-0.2, -0.15) is 0 Å². The number of nitrogens with one attached hydrogen (secondary N) is 2. The number of carbonyl (C=O) groups is 1. The summed E-state index contributed by atoms with van der Waals surface area (Å²) in [5, 5.41) is 6.50. The van der Waals surface area contributed by atoms with Crippen molar-refractivity contribution in [3.8, 4) is 0 Å². The van der Waals surface area contributed by atoms with Crippen LogP contribution >= 0.6 is 24.8 Å². The van der Waals surface area contributed by atoms with Gasteiger partial charge < -0.3 is 10.6 Å². The van der Waals surface area contributed by atoms with E-state index in [9.17, 15) is 9.18 Å². The van der Waals surface area contributed by atoms with Crippen molar-refractivity contribution in [2.45, 2.75) is 38.3 Å². The van der Waals surface area contributed by atoms with Crippen LogP contribution in [0.3, 0.4) is 0 Å². The number of carbonyl (C=O) groups excluding carboxylic acids is 1. The number of likely N-dealkylation sites (tertiary alicyclic amines) is 1. The second-order valence-corrected chi connectivity index (χ2v) is 6.74. The largest absolute Gasteiger partial charge is 0.354 e. The van der Waals surface area contributed by atoms with E-state index >= 15 is 0 Å². The summed E-state index contributed by atoms with van der Waals surface area (Å²) in [5.41, 5.74) is 0.973. The normalized spacial score (nSPS) is 23.4. The van der Waals surface area contributed by atoms with Gasteiger partial charge in [-0.25, -0.2) is 4.39 Å². The Bertz CT molecular complexity index is 541. The smallest absolute Gasteiger partial charge is 0.224 e. The first kappa shape index (κ1) is 22.2. The zero-order valence-corrected chi connectivity index (χ0v) is 16.0. The molecule has 1 amide bonds. The van der Waals surface area contributed by atoms with Crippen LogP contribution in [0.4, 0.5) is 4.39 Å². The van der Waals surface area contributed by atoms with Crippen molar-refractivity contribution >= 4 is 30.7 Å². The SMILES string of the molecule is Cl.Cl.O=C(NCC1CCCN1)C1CCCN(Cc2cccc(F)c2)C1. The molecule has 0 radical (unpaired) electrons. The number of hydrogen-bond acceptors (Lipinski definition) is 3. The van der Waals surface area contributed by atoms with Crippen LogP contribution in [0.15, 0.2) is 24.3 Å². The predicted octanol–water partition coefficient (Wildman–Crippen LogP) is 2.75. The van der Waals surface area contributed by atoms with Gasteiger partial charge in [-0.3, -0.25) is 9.69 Å². The van der Waals surface area contributed by atoms with E-state index < -0.39 is 0 Å². The number of hydrogen-bond donors (Lipinski definition) is 2. The van der Waals surface area contributed by atoms with Crippen LogP contribution in [-0.2, 0) is 11.3 Å². The summed E-state index contributed by atoms with van der Waals surface area (Å²) in [6, 6.07) is 7.17. The molecule has 0 aliphatic carbocycles. The van der Waals surface area contributed by atoms with E-state index in [0.717, 1.165) is 51.0 Å². The molecule has 3 rings (SSSR count). The zero-order chi connectivity index (χ0) is 16.1. The van der Waals surface area contributed by atoms with Gasteiger partial charge in [0.05, 0.1) is 5.92 Å². The average Bonchev–Trinajstić information content (AvgIpc) is 3.06. The molecular formula is C18H28Cl2FN3O. The number of piperidine rings is 1. The van der Waals surface area contributed by atoms with Crippen LogP contribution in [0.5, 0.6) is 0 Å². The highest BCUT2D eigenvalue weighted by atomic mass is 35.5. The monoisotopic (exact) mass is 391 g/mol. The molecule has 2 saturated heterocycles. The van der Waals surface area contributed by atoms with E-state index in [2.05, 4.69) is 15.5 Å². The van der Waals surface area contributed by atoms with Crippen LogP contribution in [-0.4, -0.2) is 43.0 Å². The highest BCUT2D eigenvalue weighted by Crippen LogP contribution is 2.19. The quantitative estimate of drug-likeness (QED) is 0.810. The fourth-order valence-electron chi connectivity index (χ4n) is 3.61. The van der Waals surface area contributed by atoms with Crippen molar-refractivity contribution in [1.82, 2.24) is 15.5 Å². The standard InChI is InChI=1S/C18H26FN3O.2ClH/c19-16-6-1-4-14(10-16)12-22-9-3-5-15(13-22)18(23)21-11-17-7-2-8-20-17;;/h1,4,6,10,15,17,20H,2-3,5,7-9,11-13H2,(H,21,23);2*1H. The Kier molecular flexibility index (Phi) is 9.72. The molecule has 7 heteroatoms. The summed E-state index contributed by atoms with van der Waals surface area (Å²) < 4.78 is 13.3. The van der Waals surface area contributed by atoms with Crippen LogP contribution in [0, 0.1) is 11.7 Å². The maximum atomic E-state index is 13.3. The van der Waals surface area contributed by atoms with E-state index in [0.29, 0.717) is 12.6 Å². The van der Waals surface area contributed by atoms with E-state index in [1.54, 1.807) is 12.1 Å². The average molecular weight is 392 g/mol. The van der Waals surface area contributed by atoms with Crippen LogP contribution in [0.1, 0.15) is 31.2 Å². The summed E-state index contributed by atoms with van der Waals surface area (Å²) in [6.07, 6.45) is 4.32. The first-order valence-corrected chi connectivity index (χ1v) is 8.68. The first-order valence-electron chi connectivity index (χ1n) is 8.68. The van der Waals surface area contributed by atoms with Gasteiger partial charge >= 0.3 is 0 Å². The Labute approximate surface area is 161 Å². The van der Waals surface area contributed by atoms with Crippen LogP contribution in [0.25, 0.3) is 0 Å². The minimum atomic E-state index is -0.196. The summed E-state index contributed by atoms with van der Waals surface area (Å²) in [4.78, 5) is 14.6. The molecule has 2 N–H and O–H groups in total. The molecule has 2 heterocycles. The van der Waals surface area contributed by atoms with Crippen molar-refractivity contribution in [3.63, 3.8) is 0 Å². The summed E-state index contributed by atoms with van der Waals surface area (Å²) >= 11 is 0. The van der Waals surface area contributed by atoms with E-state index in [4.69, 9.17) is 0 Å². The third-order valence-electron chi connectivity index (χ3n) is 4.86. The van der Waals surface area contributed by atoms with Gasteiger partial charge in [0.25, 0.3) is 0 Å². The van der Waals surface area contributed by atoms with Crippen LogP contribution < -0.4 is 10.6 Å². The van der Waals surface area contributed by atoms with Crippen molar-refractivity contribution in [2.24, 2.45) is 5.92 Å². The lowest BCUT2D eigenvalue weighted by Gasteiger charge is -2.32. The lowest BCUT2D eigenvalue weighted by molar-refractivity contribution is -0.126. The minimum absolute atomic E-state index is 0. The van der Waals surface area contributed by atoms with Gasteiger partial charge in [0, 0.05) is 25.7 Å². The fourth-order valence-corrected chi connectivity index (χ4v) is 3.61. The molecule has 1 aromatic carbocycles. The number of amides is 1. The van der Waals surface area contributed by atoms with Gasteiger partial charge in [-0.15, -0.1) is 24.8 Å². The third-order valence-corrected chi connectivity index (χ3v) is 4.86. The highest BCUT2D eigenvalue weighted by Gasteiger charge is 2.26. The molecule has 2 aliphatic heterocycles. The lowest BCUT2D eigenvalue weighted by atomic mass is 9.96. The third kappa shape index (κ3) is 6.74. The number of nitrogens with zero attached hydrogens (tertiary/aromatic N) is 1. The molecule has 0 aromatic heterocycles. The molecule has 2 aliphatic rings. The summed E-state index contributed by atoms with van der Waals surface area (Å²) in [6.45, 7) is 4.25. The lowest BCUT2D eigenvalue weighted by Crippen LogP contribution is -2.45. The molecule has 2 fully saturated rings. The Balaban J connectivity index is 0.00000156. The number of rotatable bonds is 5. The second-order valence-electron chi connectivity index (χ2n) is 6.74. The maximum absolute atomic E-state index is 13.3. The molecule has 142 valence electrons. The molecule has 0 bridgehead atoms. The molecule has 0 saturated carbocycles. The van der Waals surface area contributed by atoms with Crippen molar-refractivity contribution < 1.29 is 9.18 Å². The number of halogens is 3. The molecule has 25 heavy (non-hydrogen) atoms. The molecule has 2 unspecified atom stereocenters. The summed E-state index contributed by atoms with van der Waals surface area (Å²) in [7, 11) is 0. The fraction of sp³-hybridized carbons (Fsp3) is 0.611. The van der Waals surface area contributed by atoms with Crippen molar-refractivity contribution in [1.29, 1.82) is 0 Å². The Morgan fingerprint density at radius 3 is 2.84 bits per heavy atom. The van der Waals surface area contributed by atoms with Gasteiger partial charge in [0.15, 0.2) is 0 Å². The Hall–Kier alpha value is -0.880. The minimum Gasteiger partial charge on any atom is -0.354 e. The van der Waals surface area contributed by atoms with Gasteiger partial charge in [0.1, 0.15) is 5.82 Å². The second kappa shape index (κ2) is 11.0. The predicted molar refractivity (Wildman–Crippen MR) is 103 cm³/mol. The van der Waals surface area contributed by atoms with E-state index in [1.807, 2.05) is 6.07 Å². The molecule has 4 nitrogen and oxygen atoms in total. The zero-order valence-electron chi connectivity index (χ0n) is 14.4. The van der Waals surface area contributed by atoms with Gasteiger partial charge in [-0.05, 0) is 56.5 Å². The topological polar surface area (TPSA) is 44.4 Å². The number of benzene rings is 1. The van der Waals surface area contributed by atoms with Crippen LogP contribution in [0.2, 0.25) is 0 Å².